The van der Waals surface area contributed by atoms with E-state index in [1.807, 2.05) is 0 Å². The molecule has 0 radical (unpaired) electrons. The Balaban J connectivity index is 2.19. The van der Waals surface area contributed by atoms with Gasteiger partial charge in [-0.25, -0.2) is 4.39 Å². The van der Waals surface area contributed by atoms with Crippen molar-refractivity contribution in [2.24, 2.45) is 0 Å². The Bertz CT molecular complexity index is 629. The predicted octanol–water partition coefficient (Wildman–Crippen LogP) is 4.23. The van der Waals surface area contributed by atoms with Gasteiger partial charge in [0.2, 0.25) is 0 Å². The van der Waals surface area contributed by atoms with Gasteiger partial charge >= 0.3 is 0 Å². The van der Waals surface area contributed by atoms with E-state index in [2.05, 4.69) is 15.9 Å². The average molecular weight is 355 g/mol. The fourth-order valence-electron chi connectivity index (χ4n) is 1.90. The van der Waals surface area contributed by atoms with Gasteiger partial charge in [0.25, 0.3) is 0 Å². The first-order valence-corrected chi connectivity index (χ1v) is 7.23. The molecular weight excluding hydrogens is 339 g/mol. The molecule has 2 aromatic carbocycles. The molecule has 0 aliphatic rings. The van der Waals surface area contributed by atoms with E-state index in [4.69, 9.17) is 9.47 Å². The highest BCUT2D eigenvalue weighted by Crippen LogP contribution is 2.30. The zero-order valence-electron chi connectivity index (χ0n) is 11.8. The summed E-state index contributed by atoms with van der Waals surface area (Å²) in [6, 6.07) is 9.95. The summed E-state index contributed by atoms with van der Waals surface area (Å²) in [4.78, 5) is 0. The lowest BCUT2D eigenvalue weighted by atomic mass is 10.1. The van der Waals surface area contributed by atoms with Crippen LogP contribution in [0, 0.1) is 5.82 Å². The van der Waals surface area contributed by atoms with Crippen LogP contribution < -0.4 is 9.47 Å². The molecule has 112 valence electrons. The average Bonchev–Trinajstić information content (AvgIpc) is 2.48. The second kappa shape index (κ2) is 6.91. The summed E-state index contributed by atoms with van der Waals surface area (Å²) in [6.07, 6.45) is -0.647. The largest absolute Gasteiger partial charge is 0.497 e. The zero-order valence-corrected chi connectivity index (χ0v) is 13.4. The summed E-state index contributed by atoms with van der Waals surface area (Å²) in [7, 11) is 1.57. The van der Waals surface area contributed by atoms with Crippen molar-refractivity contribution in [3.8, 4) is 11.5 Å². The third-order valence-electron chi connectivity index (χ3n) is 3.05. The van der Waals surface area contributed by atoms with E-state index in [9.17, 15) is 9.50 Å². The molecule has 0 spiro atoms. The molecule has 0 aliphatic heterocycles. The van der Waals surface area contributed by atoms with Gasteiger partial charge in [-0.2, -0.15) is 0 Å². The van der Waals surface area contributed by atoms with Crippen molar-refractivity contribution < 1.29 is 19.0 Å². The van der Waals surface area contributed by atoms with Crippen molar-refractivity contribution in [2.75, 3.05) is 7.11 Å². The van der Waals surface area contributed by atoms with Crippen LogP contribution in [0.2, 0.25) is 0 Å². The maximum Gasteiger partial charge on any atom is 0.137 e. The first kappa shape index (κ1) is 15.8. The molecule has 3 nitrogen and oxygen atoms in total. The van der Waals surface area contributed by atoms with Crippen molar-refractivity contribution in [2.45, 2.75) is 19.6 Å². The topological polar surface area (TPSA) is 38.7 Å². The van der Waals surface area contributed by atoms with E-state index >= 15 is 0 Å². The maximum atomic E-state index is 13.2. The van der Waals surface area contributed by atoms with Crippen LogP contribution in [0.15, 0.2) is 40.9 Å². The first-order chi connectivity index (χ1) is 10.0. The van der Waals surface area contributed by atoms with Crippen LogP contribution in [-0.4, -0.2) is 12.2 Å². The van der Waals surface area contributed by atoms with Gasteiger partial charge in [-0.1, -0.05) is 6.07 Å². The van der Waals surface area contributed by atoms with Crippen LogP contribution in [0.5, 0.6) is 11.5 Å². The lowest BCUT2D eigenvalue weighted by Crippen LogP contribution is -2.02. The smallest absolute Gasteiger partial charge is 0.137 e. The third-order valence-corrected chi connectivity index (χ3v) is 3.66. The molecule has 0 aliphatic carbocycles. The van der Waals surface area contributed by atoms with Gasteiger partial charge in [-0.05, 0) is 52.7 Å². The van der Waals surface area contributed by atoms with Gasteiger partial charge in [0.15, 0.2) is 0 Å². The van der Waals surface area contributed by atoms with Crippen LogP contribution in [0.25, 0.3) is 0 Å². The predicted molar refractivity (Wildman–Crippen MR) is 82.1 cm³/mol. The minimum Gasteiger partial charge on any atom is -0.497 e. The highest BCUT2D eigenvalue weighted by molar-refractivity contribution is 9.10. The van der Waals surface area contributed by atoms with E-state index in [1.54, 1.807) is 44.4 Å². The zero-order chi connectivity index (χ0) is 15.4. The van der Waals surface area contributed by atoms with Crippen LogP contribution >= 0.6 is 15.9 Å². The summed E-state index contributed by atoms with van der Waals surface area (Å²) in [6.45, 7) is 1.94. The molecule has 0 unspecified atom stereocenters. The lowest BCUT2D eigenvalue weighted by Gasteiger charge is -2.15. The number of halogens is 2. The summed E-state index contributed by atoms with van der Waals surface area (Å²) in [5, 5.41) is 9.77. The van der Waals surface area contributed by atoms with Crippen molar-refractivity contribution in [1.29, 1.82) is 0 Å². The van der Waals surface area contributed by atoms with Crippen LogP contribution in [-0.2, 0) is 6.61 Å². The minimum atomic E-state index is -0.647. The number of methoxy groups -OCH3 is 1. The molecule has 0 saturated carbocycles. The van der Waals surface area contributed by atoms with E-state index in [0.29, 0.717) is 21.5 Å². The number of rotatable bonds is 5. The standard InChI is InChI=1S/C16H16BrFO3/c1-10(19)13-5-4-12(20-2)8-16(13)21-9-11-3-6-15(18)14(17)7-11/h3-8,10,19H,9H2,1-2H3/t10-/m1/s1. The molecule has 2 aromatic rings. The highest BCUT2D eigenvalue weighted by atomic mass is 79.9. The van der Waals surface area contributed by atoms with E-state index in [1.165, 1.54) is 6.07 Å². The molecule has 0 heterocycles. The Hall–Kier alpha value is -1.59. The van der Waals surface area contributed by atoms with Gasteiger partial charge in [0, 0.05) is 11.6 Å². The molecular formula is C16H16BrFO3. The van der Waals surface area contributed by atoms with Crippen LogP contribution in [0.4, 0.5) is 4.39 Å². The highest BCUT2D eigenvalue weighted by Gasteiger charge is 2.11. The number of hydrogen-bond donors (Lipinski definition) is 1. The summed E-state index contributed by atoms with van der Waals surface area (Å²) < 4.78 is 24.5. The Morgan fingerprint density at radius 2 is 2.00 bits per heavy atom. The molecule has 5 heteroatoms. The van der Waals surface area contributed by atoms with E-state index in [0.717, 1.165) is 5.56 Å². The molecule has 0 aromatic heterocycles. The van der Waals surface area contributed by atoms with Crippen molar-refractivity contribution in [1.82, 2.24) is 0 Å². The van der Waals surface area contributed by atoms with Crippen molar-refractivity contribution in [3.63, 3.8) is 0 Å². The quantitative estimate of drug-likeness (QED) is 0.873. The third kappa shape index (κ3) is 3.95. The maximum absolute atomic E-state index is 13.2. The number of ether oxygens (including phenoxy) is 2. The summed E-state index contributed by atoms with van der Waals surface area (Å²) in [5.74, 6) is 0.879. The first-order valence-electron chi connectivity index (χ1n) is 6.44. The number of aliphatic hydroxyl groups excluding tert-OH is 1. The monoisotopic (exact) mass is 354 g/mol. The Morgan fingerprint density at radius 1 is 1.24 bits per heavy atom. The summed E-state index contributed by atoms with van der Waals surface area (Å²) in [5.41, 5.74) is 1.50. The summed E-state index contributed by atoms with van der Waals surface area (Å²) >= 11 is 3.14. The SMILES string of the molecule is COc1ccc([C@@H](C)O)c(OCc2ccc(F)c(Br)c2)c1. The Kier molecular flexibility index (Phi) is 5.20. The fraction of sp³-hybridized carbons (Fsp3) is 0.250. The van der Waals surface area contributed by atoms with Crippen LogP contribution in [0.1, 0.15) is 24.2 Å². The molecule has 0 bridgehead atoms. The molecule has 21 heavy (non-hydrogen) atoms. The molecule has 0 saturated heterocycles. The van der Waals surface area contributed by atoms with Crippen LogP contribution in [0.3, 0.4) is 0 Å². The van der Waals surface area contributed by atoms with Gasteiger partial charge in [0.05, 0.1) is 17.7 Å². The Morgan fingerprint density at radius 3 is 2.62 bits per heavy atom. The molecule has 2 rings (SSSR count). The Labute approximate surface area is 131 Å². The molecule has 0 fully saturated rings. The number of benzene rings is 2. The second-order valence-electron chi connectivity index (χ2n) is 4.62. The normalized spacial score (nSPS) is 12.0. The molecule has 0 amide bonds. The van der Waals surface area contributed by atoms with Gasteiger partial charge in [-0.3, -0.25) is 0 Å². The van der Waals surface area contributed by atoms with E-state index < -0.39 is 6.10 Å². The van der Waals surface area contributed by atoms with E-state index in [-0.39, 0.29) is 12.4 Å². The minimum absolute atomic E-state index is 0.270. The number of hydrogen-bond acceptors (Lipinski definition) is 3. The van der Waals surface area contributed by atoms with Gasteiger partial charge in [-0.15, -0.1) is 0 Å². The van der Waals surface area contributed by atoms with Crippen molar-refractivity contribution >= 4 is 15.9 Å². The van der Waals surface area contributed by atoms with Gasteiger partial charge < -0.3 is 14.6 Å². The molecule has 1 N–H and O–H groups in total. The second-order valence-corrected chi connectivity index (χ2v) is 5.47. The lowest BCUT2D eigenvalue weighted by molar-refractivity contribution is 0.190. The fourth-order valence-corrected chi connectivity index (χ4v) is 2.33. The number of aliphatic hydroxyl groups is 1. The van der Waals surface area contributed by atoms with Gasteiger partial charge in [0.1, 0.15) is 23.9 Å². The van der Waals surface area contributed by atoms with Crippen molar-refractivity contribution in [3.05, 3.63) is 57.8 Å². The molecule has 1 atom stereocenters.